The Morgan fingerprint density at radius 3 is 2.57 bits per heavy atom. The van der Waals surface area contributed by atoms with Gasteiger partial charge in [-0.3, -0.25) is 4.79 Å². The van der Waals surface area contributed by atoms with Crippen molar-refractivity contribution in [3.8, 4) is 0 Å². The molecular formula is C20H31NO2. The molecule has 1 aliphatic heterocycles. The highest BCUT2D eigenvalue weighted by Gasteiger charge is 2.23. The minimum atomic E-state index is -0.738. The highest BCUT2D eigenvalue weighted by Crippen LogP contribution is 2.35. The minimum Gasteiger partial charge on any atom is -0.481 e. The third kappa shape index (κ3) is 4.49. The number of hydrogen-bond donors (Lipinski definition) is 1. The van der Waals surface area contributed by atoms with Crippen LogP contribution >= 0.6 is 0 Å². The molecule has 0 bridgehead atoms. The third-order valence-electron chi connectivity index (χ3n) is 5.13. The van der Waals surface area contributed by atoms with Crippen LogP contribution < -0.4 is 4.90 Å². The Morgan fingerprint density at radius 2 is 1.87 bits per heavy atom. The van der Waals surface area contributed by atoms with Gasteiger partial charge in [0, 0.05) is 18.8 Å². The van der Waals surface area contributed by atoms with Gasteiger partial charge in [0.05, 0.1) is 6.42 Å². The molecule has 0 amide bonds. The average Bonchev–Trinajstić information content (AvgIpc) is 2.90. The van der Waals surface area contributed by atoms with E-state index in [4.69, 9.17) is 5.11 Å². The van der Waals surface area contributed by atoms with E-state index in [1.807, 2.05) is 6.92 Å². The third-order valence-corrected chi connectivity index (χ3v) is 5.13. The molecule has 0 radical (unpaired) electrons. The molecule has 128 valence electrons. The molecule has 0 saturated heterocycles. The predicted octanol–water partition coefficient (Wildman–Crippen LogP) is 4.65. The smallest absolute Gasteiger partial charge is 0.307 e. The largest absolute Gasteiger partial charge is 0.481 e. The first-order valence-corrected chi connectivity index (χ1v) is 9.13. The first-order chi connectivity index (χ1) is 11.0. The quantitative estimate of drug-likeness (QED) is 0.674. The Bertz CT molecular complexity index is 551. The minimum absolute atomic E-state index is 0.141. The van der Waals surface area contributed by atoms with Crippen molar-refractivity contribution >= 4 is 11.7 Å². The van der Waals surface area contributed by atoms with E-state index in [1.165, 1.54) is 55.3 Å². The number of fused-ring (bicyclic) bond motifs is 1. The summed E-state index contributed by atoms with van der Waals surface area (Å²) in [6, 6.07) is 2.21. The second-order valence-corrected chi connectivity index (χ2v) is 6.87. The van der Waals surface area contributed by atoms with E-state index in [9.17, 15) is 4.79 Å². The van der Waals surface area contributed by atoms with Crippen molar-refractivity contribution in [3.05, 3.63) is 28.3 Å². The Labute approximate surface area is 140 Å². The molecule has 23 heavy (non-hydrogen) atoms. The van der Waals surface area contributed by atoms with Crippen LogP contribution in [0, 0.1) is 13.8 Å². The van der Waals surface area contributed by atoms with Gasteiger partial charge in [-0.25, -0.2) is 0 Å². The molecule has 0 unspecified atom stereocenters. The van der Waals surface area contributed by atoms with Crippen LogP contribution in [0.3, 0.4) is 0 Å². The van der Waals surface area contributed by atoms with Gasteiger partial charge in [-0.05, 0) is 55.0 Å². The molecule has 1 aromatic rings. The van der Waals surface area contributed by atoms with Crippen LogP contribution in [0.1, 0.15) is 67.7 Å². The molecule has 0 atom stereocenters. The van der Waals surface area contributed by atoms with Crippen LogP contribution in [0.4, 0.5) is 5.69 Å². The Kier molecular flexibility index (Phi) is 6.49. The van der Waals surface area contributed by atoms with Crippen LogP contribution in [0.5, 0.6) is 0 Å². The molecule has 3 heteroatoms. The topological polar surface area (TPSA) is 40.5 Å². The van der Waals surface area contributed by atoms with Crippen molar-refractivity contribution in [2.45, 2.75) is 72.1 Å². The standard InChI is InChI=1S/C20H31NO2/c1-4-5-6-7-8-9-11-21-12-10-17-16(3)18(14-20(22)23)15(2)13-19(17)21/h13H,4-12,14H2,1-3H3,(H,22,23). The van der Waals surface area contributed by atoms with E-state index in [2.05, 4.69) is 24.8 Å². The van der Waals surface area contributed by atoms with Crippen molar-refractivity contribution in [2.75, 3.05) is 18.0 Å². The van der Waals surface area contributed by atoms with Gasteiger partial charge in [0.2, 0.25) is 0 Å². The van der Waals surface area contributed by atoms with Gasteiger partial charge in [-0.2, -0.15) is 0 Å². The first kappa shape index (κ1) is 17.8. The second kappa shape index (κ2) is 8.37. The molecule has 1 heterocycles. The number of aryl methyl sites for hydroxylation is 1. The fraction of sp³-hybridized carbons (Fsp3) is 0.650. The fourth-order valence-electron chi connectivity index (χ4n) is 3.75. The number of aliphatic carboxylic acids is 1. The molecule has 3 nitrogen and oxygen atoms in total. The molecule has 0 saturated carbocycles. The average molecular weight is 317 g/mol. The van der Waals surface area contributed by atoms with Crippen molar-refractivity contribution in [3.63, 3.8) is 0 Å². The predicted molar refractivity (Wildman–Crippen MR) is 96.5 cm³/mol. The molecule has 0 aromatic heterocycles. The maximum atomic E-state index is 11.1. The number of anilines is 1. The maximum absolute atomic E-state index is 11.1. The SMILES string of the molecule is CCCCCCCCN1CCc2c1cc(C)c(CC(=O)O)c2C. The van der Waals surface area contributed by atoms with E-state index < -0.39 is 5.97 Å². The molecule has 0 aliphatic carbocycles. The summed E-state index contributed by atoms with van der Waals surface area (Å²) >= 11 is 0. The lowest BCUT2D eigenvalue weighted by Crippen LogP contribution is -2.21. The van der Waals surface area contributed by atoms with Crippen molar-refractivity contribution in [1.29, 1.82) is 0 Å². The summed E-state index contributed by atoms with van der Waals surface area (Å²) in [6.45, 7) is 8.62. The molecule has 0 fully saturated rings. The number of carbonyl (C=O) groups is 1. The van der Waals surface area contributed by atoms with E-state index in [0.29, 0.717) is 0 Å². The van der Waals surface area contributed by atoms with E-state index in [0.717, 1.165) is 30.6 Å². The van der Waals surface area contributed by atoms with Gasteiger partial charge < -0.3 is 10.0 Å². The van der Waals surface area contributed by atoms with Gasteiger partial charge in [-0.1, -0.05) is 39.0 Å². The van der Waals surface area contributed by atoms with Crippen molar-refractivity contribution in [2.24, 2.45) is 0 Å². The summed E-state index contributed by atoms with van der Waals surface area (Å²) < 4.78 is 0. The number of nitrogens with zero attached hydrogens (tertiary/aromatic N) is 1. The second-order valence-electron chi connectivity index (χ2n) is 6.87. The molecule has 0 spiro atoms. The van der Waals surface area contributed by atoms with Gasteiger partial charge in [0.15, 0.2) is 0 Å². The van der Waals surface area contributed by atoms with Crippen LogP contribution in [-0.4, -0.2) is 24.2 Å². The van der Waals surface area contributed by atoms with Gasteiger partial charge in [0.25, 0.3) is 0 Å². The van der Waals surface area contributed by atoms with Crippen LogP contribution in [0.25, 0.3) is 0 Å². The van der Waals surface area contributed by atoms with Gasteiger partial charge >= 0.3 is 5.97 Å². The lowest BCUT2D eigenvalue weighted by atomic mass is 9.93. The van der Waals surface area contributed by atoms with Crippen molar-refractivity contribution in [1.82, 2.24) is 0 Å². The number of rotatable bonds is 9. The lowest BCUT2D eigenvalue weighted by molar-refractivity contribution is -0.136. The molecule has 1 aliphatic rings. The number of unbranched alkanes of at least 4 members (excludes halogenated alkanes) is 5. The fourth-order valence-corrected chi connectivity index (χ4v) is 3.75. The van der Waals surface area contributed by atoms with Gasteiger partial charge in [-0.15, -0.1) is 0 Å². The highest BCUT2D eigenvalue weighted by atomic mass is 16.4. The normalized spacial score (nSPS) is 13.4. The zero-order valence-electron chi connectivity index (χ0n) is 15.0. The Balaban J connectivity index is 1.98. The summed E-state index contributed by atoms with van der Waals surface area (Å²) in [7, 11) is 0. The summed E-state index contributed by atoms with van der Waals surface area (Å²) in [4.78, 5) is 13.6. The molecule has 1 aromatic carbocycles. The Hall–Kier alpha value is -1.51. The summed E-state index contributed by atoms with van der Waals surface area (Å²) in [5.41, 5.74) is 6.06. The van der Waals surface area contributed by atoms with E-state index in [1.54, 1.807) is 0 Å². The number of benzene rings is 1. The molecule has 1 N–H and O–H groups in total. The maximum Gasteiger partial charge on any atom is 0.307 e. The summed E-state index contributed by atoms with van der Waals surface area (Å²) in [5.74, 6) is -0.738. The van der Waals surface area contributed by atoms with E-state index >= 15 is 0 Å². The first-order valence-electron chi connectivity index (χ1n) is 9.13. The van der Waals surface area contributed by atoms with Crippen LogP contribution in [-0.2, 0) is 17.6 Å². The monoisotopic (exact) mass is 317 g/mol. The van der Waals surface area contributed by atoms with Crippen LogP contribution in [0.15, 0.2) is 6.07 Å². The zero-order chi connectivity index (χ0) is 16.8. The highest BCUT2D eigenvalue weighted by molar-refractivity contribution is 5.74. The number of carboxylic acid groups (broad SMARTS) is 1. The van der Waals surface area contributed by atoms with Crippen LogP contribution in [0.2, 0.25) is 0 Å². The van der Waals surface area contributed by atoms with Crippen molar-refractivity contribution < 1.29 is 9.90 Å². The Morgan fingerprint density at radius 1 is 1.17 bits per heavy atom. The van der Waals surface area contributed by atoms with E-state index in [-0.39, 0.29) is 6.42 Å². The zero-order valence-corrected chi connectivity index (χ0v) is 15.0. The lowest BCUT2D eigenvalue weighted by Gasteiger charge is -2.21. The number of carboxylic acids is 1. The van der Waals surface area contributed by atoms with Gasteiger partial charge in [0.1, 0.15) is 0 Å². The summed E-state index contributed by atoms with van der Waals surface area (Å²) in [6.07, 6.45) is 9.16. The number of hydrogen-bond acceptors (Lipinski definition) is 2. The summed E-state index contributed by atoms with van der Waals surface area (Å²) in [5, 5.41) is 9.11. The molecular weight excluding hydrogens is 286 g/mol. The molecule has 2 rings (SSSR count).